The number of urea groups is 1. The molecule has 1 fully saturated rings. The van der Waals surface area contributed by atoms with E-state index in [2.05, 4.69) is 10.2 Å². The molecule has 1 N–H and O–H groups in total. The Morgan fingerprint density at radius 3 is 2.35 bits per heavy atom. The van der Waals surface area contributed by atoms with E-state index in [0.717, 1.165) is 25.2 Å². The number of hydrogen-bond donors (Lipinski definition) is 1. The largest absolute Gasteiger partial charge is 0.491 e. The number of carbonyl (C=O) groups is 2. The molecule has 0 radical (unpaired) electrons. The highest BCUT2D eigenvalue weighted by Gasteiger charge is 2.20. The molecule has 2 aromatic carbocycles. The maximum atomic E-state index is 12.5. The molecule has 0 spiro atoms. The molecule has 0 unspecified atom stereocenters. The van der Waals surface area contributed by atoms with Crippen LogP contribution in [0.25, 0.3) is 0 Å². The molecule has 1 aliphatic rings. The molecule has 1 aliphatic heterocycles. The van der Waals surface area contributed by atoms with Gasteiger partial charge in [-0.05, 0) is 29.8 Å². The fourth-order valence-electron chi connectivity index (χ4n) is 3.33. The molecule has 0 bridgehead atoms. The van der Waals surface area contributed by atoms with Gasteiger partial charge in [0.25, 0.3) is 5.91 Å². The maximum absolute atomic E-state index is 12.5. The van der Waals surface area contributed by atoms with Gasteiger partial charge in [-0.15, -0.1) is 0 Å². The number of amides is 3. The number of nitrogens with one attached hydrogen (secondary N) is 1. The van der Waals surface area contributed by atoms with Crippen LogP contribution in [0.3, 0.4) is 0 Å². The van der Waals surface area contributed by atoms with Gasteiger partial charge in [0.1, 0.15) is 12.4 Å². The van der Waals surface area contributed by atoms with E-state index in [1.54, 1.807) is 31.1 Å². The van der Waals surface area contributed by atoms with Crippen molar-refractivity contribution in [3.05, 3.63) is 64.7 Å². The number of carbonyl (C=O) groups excluding carboxylic acids is 2. The highest BCUT2D eigenvalue weighted by Crippen LogP contribution is 2.22. The first-order valence-electron chi connectivity index (χ1n) is 10.4. The number of para-hydroxylation sites is 1. The molecular formula is C23H29ClN4O3. The van der Waals surface area contributed by atoms with Gasteiger partial charge in [-0.3, -0.25) is 9.69 Å². The summed E-state index contributed by atoms with van der Waals surface area (Å²) in [5, 5.41) is 3.57. The number of piperazine rings is 1. The Hall–Kier alpha value is -2.77. The van der Waals surface area contributed by atoms with Crippen molar-refractivity contribution in [2.24, 2.45) is 0 Å². The first-order valence-corrected chi connectivity index (χ1v) is 10.7. The summed E-state index contributed by atoms with van der Waals surface area (Å²) in [7, 11) is 3.45. The van der Waals surface area contributed by atoms with Crippen molar-refractivity contribution >= 4 is 23.5 Å². The summed E-state index contributed by atoms with van der Waals surface area (Å²) >= 11 is 6.10. The average molecular weight is 445 g/mol. The smallest absolute Gasteiger partial charge is 0.317 e. The van der Waals surface area contributed by atoms with Crippen LogP contribution < -0.4 is 10.1 Å². The number of benzene rings is 2. The quantitative estimate of drug-likeness (QED) is 0.713. The Bertz CT molecular complexity index is 881. The van der Waals surface area contributed by atoms with Gasteiger partial charge in [-0.1, -0.05) is 35.9 Å². The Balaban J connectivity index is 1.36. The van der Waals surface area contributed by atoms with Gasteiger partial charge in [0.05, 0.1) is 5.02 Å². The number of nitrogens with zero attached hydrogens (tertiary/aromatic N) is 3. The van der Waals surface area contributed by atoms with Gasteiger partial charge in [-0.25, -0.2) is 4.79 Å². The average Bonchev–Trinajstić information content (AvgIpc) is 2.79. The van der Waals surface area contributed by atoms with E-state index in [0.29, 0.717) is 42.6 Å². The van der Waals surface area contributed by atoms with Crippen LogP contribution in [0.1, 0.15) is 15.9 Å². The normalized spacial score (nSPS) is 14.2. The SMILES string of the molecule is CN(C)C(=O)c1ccc(CNC(=O)N2CCN(CCOc3ccccc3Cl)CC2)cc1. The van der Waals surface area contributed by atoms with Crippen molar-refractivity contribution < 1.29 is 14.3 Å². The molecule has 0 aromatic heterocycles. The van der Waals surface area contributed by atoms with Crippen LogP contribution in [0.15, 0.2) is 48.5 Å². The zero-order valence-corrected chi connectivity index (χ0v) is 18.8. The van der Waals surface area contributed by atoms with Crippen LogP contribution >= 0.6 is 11.6 Å². The topological polar surface area (TPSA) is 65.1 Å². The lowest BCUT2D eigenvalue weighted by molar-refractivity contribution is 0.0827. The molecule has 8 heteroatoms. The predicted octanol–water partition coefficient (Wildman–Crippen LogP) is 2.95. The van der Waals surface area contributed by atoms with Crippen molar-refractivity contribution in [1.29, 1.82) is 0 Å². The standard InChI is InChI=1S/C23H29ClN4O3/c1-26(2)22(29)19-9-7-18(8-10-19)17-25-23(30)28-13-11-27(12-14-28)15-16-31-21-6-4-3-5-20(21)24/h3-10H,11-17H2,1-2H3,(H,25,30). The summed E-state index contributed by atoms with van der Waals surface area (Å²) in [5.41, 5.74) is 1.59. The minimum absolute atomic E-state index is 0.0364. The lowest BCUT2D eigenvalue weighted by atomic mass is 10.1. The molecule has 1 heterocycles. The van der Waals surface area contributed by atoms with Crippen LogP contribution in [0.2, 0.25) is 5.02 Å². The Labute approximate surface area is 188 Å². The number of halogens is 1. The zero-order valence-electron chi connectivity index (χ0n) is 18.0. The predicted molar refractivity (Wildman–Crippen MR) is 122 cm³/mol. The summed E-state index contributed by atoms with van der Waals surface area (Å²) in [4.78, 5) is 30.1. The van der Waals surface area contributed by atoms with E-state index < -0.39 is 0 Å². The molecule has 1 saturated heterocycles. The lowest BCUT2D eigenvalue weighted by Crippen LogP contribution is -2.52. The van der Waals surface area contributed by atoms with E-state index in [-0.39, 0.29) is 11.9 Å². The summed E-state index contributed by atoms with van der Waals surface area (Å²) in [6.07, 6.45) is 0. The molecule has 7 nitrogen and oxygen atoms in total. The molecule has 166 valence electrons. The van der Waals surface area contributed by atoms with Crippen molar-refractivity contribution in [3.8, 4) is 5.75 Å². The van der Waals surface area contributed by atoms with Crippen molar-refractivity contribution in [1.82, 2.24) is 20.0 Å². The molecule has 2 aromatic rings. The molecule has 3 rings (SSSR count). The van der Waals surface area contributed by atoms with E-state index in [1.165, 1.54) is 0 Å². The summed E-state index contributed by atoms with van der Waals surface area (Å²) in [6.45, 7) is 4.74. The van der Waals surface area contributed by atoms with E-state index >= 15 is 0 Å². The molecule has 31 heavy (non-hydrogen) atoms. The van der Waals surface area contributed by atoms with Gasteiger partial charge in [0.15, 0.2) is 0 Å². The minimum atomic E-state index is -0.0691. The van der Waals surface area contributed by atoms with Gasteiger partial charge < -0.3 is 19.9 Å². The number of ether oxygens (including phenoxy) is 1. The summed E-state index contributed by atoms with van der Waals surface area (Å²) in [6, 6.07) is 14.7. The van der Waals surface area contributed by atoms with Gasteiger partial charge in [-0.2, -0.15) is 0 Å². The summed E-state index contributed by atoms with van der Waals surface area (Å²) < 4.78 is 5.75. The Morgan fingerprint density at radius 1 is 1.03 bits per heavy atom. The highest BCUT2D eigenvalue weighted by atomic mass is 35.5. The number of hydrogen-bond acceptors (Lipinski definition) is 4. The van der Waals surface area contributed by atoms with Crippen LogP contribution in [0.4, 0.5) is 4.79 Å². The fourth-order valence-corrected chi connectivity index (χ4v) is 3.52. The van der Waals surface area contributed by atoms with Gasteiger partial charge in [0.2, 0.25) is 0 Å². The molecule has 0 atom stereocenters. The monoisotopic (exact) mass is 444 g/mol. The first kappa shape index (κ1) is 22.9. The fraction of sp³-hybridized carbons (Fsp3) is 0.391. The van der Waals surface area contributed by atoms with E-state index in [9.17, 15) is 9.59 Å². The second-order valence-corrected chi connectivity index (χ2v) is 8.07. The zero-order chi connectivity index (χ0) is 22.2. The van der Waals surface area contributed by atoms with E-state index in [1.807, 2.05) is 41.3 Å². The maximum Gasteiger partial charge on any atom is 0.317 e. The van der Waals surface area contributed by atoms with Crippen LogP contribution in [0.5, 0.6) is 5.75 Å². The summed E-state index contributed by atoms with van der Waals surface area (Å²) in [5.74, 6) is 0.659. The lowest BCUT2D eigenvalue weighted by Gasteiger charge is -2.34. The van der Waals surface area contributed by atoms with Gasteiger partial charge >= 0.3 is 6.03 Å². The third-order valence-corrected chi connectivity index (χ3v) is 5.52. The highest BCUT2D eigenvalue weighted by molar-refractivity contribution is 6.32. The first-order chi connectivity index (χ1) is 14.9. The Kier molecular flexibility index (Phi) is 8.14. The third kappa shape index (κ3) is 6.60. The minimum Gasteiger partial charge on any atom is -0.491 e. The van der Waals surface area contributed by atoms with Crippen LogP contribution in [0, 0.1) is 0 Å². The van der Waals surface area contributed by atoms with Crippen molar-refractivity contribution in [2.45, 2.75) is 6.54 Å². The van der Waals surface area contributed by atoms with E-state index in [4.69, 9.17) is 16.3 Å². The molecular weight excluding hydrogens is 416 g/mol. The second-order valence-electron chi connectivity index (χ2n) is 7.66. The molecule has 0 saturated carbocycles. The van der Waals surface area contributed by atoms with Crippen molar-refractivity contribution in [2.75, 3.05) is 53.4 Å². The second kappa shape index (κ2) is 11.0. The van der Waals surface area contributed by atoms with Crippen LogP contribution in [-0.2, 0) is 6.54 Å². The number of rotatable bonds is 7. The van der Waals surface area contributed by atoms with Crippen molar-refractivity contribution in [3.63, 3.8) is 0 Å². The molecule has 3 amide bonds. The third-order valence-electron chi connectivity index (χ3n) is 5.21. The van der Waals surface area contributed by atoms with Crippen LogP contribution in [-0.4, -0.2) is 80.1 Å². The Morgan fingerprint density at radius 2 is 1.71 bits per heavy atom. The van der Waals surface area contributed by atoms with Gasteiger partial charge in [0, 0.05) is 58.9 Å². The molecule has 0 aliphatic carbocycles.